The topological polar surface area (TPSA) is 54.5 Å². The molecule has 0 fully saturated rings. The molecular formula is C18H23N3O2. The monoisotopic (exact) mass is 313 g/mol. The van der Waals surface area contributed by atoms with Crippen LogP contribution in [0, 0.1) is 0 Å². The number of urea groups is 1. The van der Waals surface area contributed by atoms with Crippen LogP contribution in [0.4, 0.5) is 10.5 Å². The van der Waals surface area contributed by atoms with Crippen molar-refractivity contribution < 1.29 is 9.53 Å². The molecule has 0 saturated heterocycles. The summed E-state index contributed by atoms with van der Waals surface area (Å²) < 4.78 is 5.61. The average Bonchev–Trinajstić information content (AvgIpc) is 2.55. The van der Waals surface area contributed by atoms with Crippen molar-refractivity contribution >= 4 is 11.7 Å². The van der Waals surface area contributed by atoms with Gasteiger partial charge in [-0.15, -0.1) is 0 Å². The quantitative estimate of drug-likeness (QED) is 0.887. The van der Waals surface area contributed by atoms with Crippen molar-refractivity contribution in [1.29, 1.82) is 0 Å². The van der Waals surface area contributed by atoms with Crippen LogP contribution in [-0.4, -0.2) is 35.6 Å². The van der Waals surface area contributed by atoms with Crippen molar-refractivity contribution in [1.82, 2.24) is 9.88 Å². The smallest absolute Gasteiger partial charge is 0.321 e. The molecule has 0 bridgehead atoms. The Balaban J connectivity index is 1.93. The van der Waals surface area contributed by atoms with Gasteiger partial charge in [0, 0.05) is 19.8 Å². The minimum Gasteiger partial charge on any atom is -0.473 e. The maximum absolute atomic E-state index is 12.3. The van der Waals surface area contributed by atoms with Crippen LogP contribution in [0.25, 0.3) is 0 Å². The fourth-order valence-electron chi connectivity index (χ4n) is 2.06. The molecule has 2 rings (SSSR count). The second-order valence-electron chi connectivity index (χ2n) is 5.61. The molecule has 122 valence electrons. The number of hydrogen-bond acceptors (Lipinski definition) is 3. The van der Waals surface area contributed by atoms with E-state index in [-0.39, 0.29) is 12.1 Å². The van der Waals surface area contributed by atoms with E-state index in [1.165, 1.54) is 5.56 Å². The highest BCUT2D eigenvalue weighted by Crippen LogP contribution is 2.22. The van der Waals surface area contributed by atoms with Gasteiger partial charge in [-0.3, -0.25) is 0 Å². The second-order valence-corrected chi connectivity index (χ2v) is 5.61. The van der Waals surface area contributed by atoms with Gasteiger partial charge >= 0.3 is 6.03 Å². The summed E-state index contributed by atoms with van der Waals surface area (Å²) in [5, 5.41) is 2.85. The van der Waals surface area contributed by atoms with Gasteiger partial charge in [0.05, 0.1) is 6.10 Å². The summed E-state index contributed by atoms with van der Waals surface area (Å²) in [6.45, 7) is 4.48. The molecule has 23 heavy (non-hydrogen) atoms. The van der Waals surface area contributed by atoms with E-state index < -0.39 is 0 Å². The van der Waals surface area contributed by atoms with Crippen molar-refractivity contribution in [3.63, 3.8) is 0 Å². The number of likely N-dealkylation sites (N-methyl/N-ethyl adjacent to an activating group) is 1. The number of anilines is 1. The zero-order valence-electron chi connectivity index (χ0n) is 13.8. The maximum Gasteiger partial charge on any atom is 0.321 e. The first-order chi connectivity index (χ1) is 11.1. The number of nitrogens with zero attached hydrogens (tertiary/aromatic N) is 2. The van der Waals surface area contributed by atoms with Crippen LogP contribution in [0.2, 0.25) is 0 Å². The molecule has 0 spiro atoms. The van der Waals surface area contributed by atoms with Gasteiger partial charge in [-0.05, 0) is 38.0 Å². The summed E-state index contributed by atoms with van der Waals surface area (Å²) in [6.07, 6.45) is 2.45. The number of carbonyl (C=O) groups excluding carboxylic acids is 1. The number of benzene rings is 1. The fraction of sp³-hybridized carbons (Fsp3) is 0.333. The minimum atomic E-state index is -0.178. The van der Waals surface area contributed by atoms with E-state index in [9.17, 15) is 4.79 Å². The van der Waals surface area contributed by atoms with Gasteiger partial charge in [0.2, 0.25) is 5.88 Å². The van der Waals surface area contributed by atoms with E-state index in [1.807, 2.05) is 32.0 Å². The Morgan fingerprint density at radius 2 is 1.96 bits per heavy atom. The Hall–Kier alpha value is -2.56. The molecule has 0 atom stereocenters. The van der Waals surface area contributed by atoms with Gasteiger partial charge in [0.25, 0.3) is 0 Å². The van der Waals surface area contributed by atoms with Crippen LogP contribution < -0.4 is 10.1 Å². The number of pyridine rings is 1. The van der Waals surface area contributed by atoms with Gasteiger partial charge in [0.1, 0.15) is 5.69 Å². The second kappa shape index (κ2) is 8.17. The average molecular weight is 313 g/mol. The van der Waals surface area contributed by atoms with Crippen LogP contribution >= 0.6 is 0 Å². The summed E-state index contributed by atoms with van der Waals surface area (Å²) in [4.78, 5) is 18.1. The van der Waals surface area contributed by atoms with Gasteiger partial charge in [-0.2, -0.15) is 0 Å². The lowest BCUT2D eigenvalue weighted by Gasteiger charge is -2.19. The van der Waals surface area contributed by atoms with E-state index in [0.717, 1.165) is 6.42 Å². The third kappa shape index (κ3) is 5.29. The van der Waals surface area contributed by atoms with Crippen molar-refractivity contribution in [3.05, 3.63) is 54.2 Å². The highest BCUT2D eigenvalue weighted by Gasteiger charge is 2.13. The number of nitrogens with one attached hydrogen (secondary N) is 1. The van der Waals surface area contributed by atoms with Crippen LogP contribution in [0.5, 0.6) is 5.88 Å². The Bertz CT molecular complexity index is 629. The van der Waals surface area contributed by atoms with Crippen molar-refractivity contribution in [2.75, 3.05) is 18.9 Å². The molecule has 0 radical (unpaired) electrons. The molecule has 5 heteroatoms. The highest BCUT2D eigenvalue weighted by atomic mass is 16.5. The van der Waals surface area contributed by atoms with E-state index in [1.54, 1.807) is 30.3 Å². The van der Waals surface area contributed by atoms with Crippen molar-refractivity contribution in [2.24, 2.45) is 0 Å². The Kier molecular flexibility index (Phi) is 5.97. The van der Waals surface area contributed by atoms with Crippen molar-refractivity contribution in [2.45, 2.75) is 26.4 Å². The molecule has 0 aliphatic carbocycles. The number of ether oxygens (including phenoxy) is 1. The normalized spacial score (nSPS) is 10.4. The molecule has 1 aromatic carbocycles. The summed E-state index contributed by atoms with van der Waals surface area (Å²) in [6, 6.07) is 13.5. The van der Waals surface area contributed by atoms with Gasteiger partial charge in [-0.25, -0.2) is 9.78 Å². The molecule has 1 aromatic heterocycles. The van der Waals surface area contributed by atoms with Crippen LogP contribution in [0.3, 0.4) is 0 Å². The van der Waals surface area contributed by atoms with E-state index in [2.05, 4.69) is 22.4 Å². The summed E-state index contributed by atoms with van der Waals surface area (Å²) >= 11 is 0. The van der Waals surface area contributed by atoms with E-state index in [4.69, 9.17) is 4.74 Å². The zero-order valence-corrected chi connectivity index (χ0v) is 13.8. The Labute approximate surface area is 137 Å². The first kappa shape index (κ1) is 16.8. The predicted molar refractivity (Wildman–Crippen MR) is 91.8 cm³/mol. The lowest BCUT2D eigenvalue weighted by atomic mass is 10.1. The molecule has 0 aliphatic heterocycles. The van der Waals surface area contributed by atoms with E-state index >= 15 is 0 Å². The van der Waals surface area contributed by atoms with Crippen LogP contribution in [0.15, 0.2) is 48.7 Å². The Morgan fingerprint density at radius 3 is 2.65 bits per heavy atom. The molecule has 0 saturated carbocycles. The zero-order chi connectivity index (χ0) is 16.7. The molecule has 2 aromatic rings. The number of hydrogen-bond donors (Lipinski definition) is 1. The molecule has 2 amide bonds. The highest BCUT2D eigenvalue weighted by molar-refractivity contribution is 5.90. The van der Waals surface area contributed by atoms with Crippen molar-refractivity contribution in [3.8, 4) is 5.88 Å². The molecule has 0 unspecified atom stereocenters. The summed E-state index contributed by atoms with van der Waals surface area (Å²) in [5.74, 6) is 0.437. The molecule has 1 heterocycles. The summed E-state index contributed by atoms with van der Waals surface area (Å²) in [7, 11) is 1.78. The minimum absolute atomic E-state index is 0.00337. The van der Waals surface area contributed by atoms with Crippen LogP contribution in [0.1, 0.15) is 19.4 Å². The lowest BCUT2D eigenvalue weighted by Crippen LogP contribution is -2.33. The third-order valence-electron chi connectivity index (χ3n) is 3.29. The molecule has 1 N–H and O–H groups in total. The van der Waals surface area contributed by atoms with Gasteiger partial charge in [0.15, 0.2) is 0 Å². The maximum atomic E-state index is 12.3. The number of carbonyl (C=O) groups is 1. The predicted octanol–water partition coefficient (Wildman–Crippen LogP) is 3.58. The van der Waals surface area contributed by atoms with E-state index in [0.29, 0.717) is 18.1 Å². The van der Waals surface area contributed by atoms with Gasteiger partial charge < -0.3 is 15.0 Å². The molecular weight excluding hydrogens is 290 g/mol. The first-order valence-corrected chi connectivity index (χ1v) is 7.74. The number of aromatic nitrogens is 1. The third-order valence-corrected chi connectivity index (χ3v) is 3.29. The standard InChI is InChI=1S/C18H23N3O2/c1-14(2)23-17-16(10-7-12-19-17)20-18(22)21(3)13-11-15-8-5-4-6-9-15/h4-10,12,14H,11,13H2,1-3H3,(H,20,22). The summed E-state index contributed by atoms with van der Waals surface area (Å²) in [5.41, 5.74) is 1.79. The lowest BCUT2D eigenvalue weighted by molar-refractivity contribution is 0.221. The SMILES string of the molecule is CC(C)Oc1ncccc1NC(=O)N(C)CCc1ccccc1. The molecule has 0 aliphatic rings. The number of amides is 2. The fourth-order valence-corrected chi connectivity index (χ4v) is 2.06. The largest absolute Gasteiger partial charge is 0.473 e. The Morgan fingerprint density at radius 1 is 1.22 bits per heavy atom. The molecule has 5 nitrogen and oxygen atoms in total. The first-order valence-electron chi connectivity index (χ1n) is 7.74. The van der Waals surface area contributed by atoms with Gasteiger partial charge in [-0.1, -0.05) is 30.3 Å². The van der Waals surface area contributed by atoms with Crippen LogP contribution in [-0.2, 0) is 6.42 Å². The number of rotatable bonds is 6.